The molecule has 27 heavy (non-hydrogen) atoms. The van der Waals surface area contributed by atoms with Crippen LogP contribution < -0.4 is 10.6 Å². The van der Waals surface area contributed by atoms with Crippen LogP contribution in [-0.2, 0) is 12.6 Å². The third kappa shape index (κ3) is 4.73. The Morgan fingerprint density at radius 1 is 0.407 bits per heavy atom. The summed E-state index contributed by atoms with van der Waals surface area (Å²) in [5.74, 6) is 0. The van der Waals surface area contributed by atoms with Crippen LogP contribution in [0.25, 0.3) is 0 Å². The van der Waals surface area contributed by atoms with Crippen LogP contribution in [0, 0.1) is 0 Å². The fraction of sp³-hybridized carbons (Fsp3) is 0.0769. The van der Waals surface area contributed by atoms with Gasteiger partial charge < -0.3 is 0 Å². The molecule has 0 aromatic heterocycles. The van der Waals surface area contributed by atoms with E-state index in [4.69, 9.17) is 0 Å². The van der Waals surface area contributed by atoms with Crippen molar-refractivity contribution in [2.75, 3.05) is 0 Å². The zero-order valence-electron chi connectivity index (χ0n) is 15.3. The molecule has 132 valence electrons. The van der Waals surface area contributed by atoms with E-state index in [-0.39, 0.29) is 7.92 Å². The highest BCUT2D eigenvalue weighted by molar-refractivity contribution is 7.72. The summed E-state index contributed by atoms with van der Waals surface area (Å²) in [6, 6.07) is 41.7. The van der Waals surface area contributed by atoms with Gasteiger partial charge in [-0.05, 0) is 41.6 Å². The Kier molecular flexibility index (Phi) is 5.77. The summed E-state index contributed by atoms with van der Waals surface area (Å²) in [7, 11) is -0.385. The molecule has 4 aromatic rings. The van der Waals surface area contributed by atoms with Crippen molar-refractivity contribution in [1.82, 2.24) is 0 Å². The summed E-state index contributed by atoms with van der Waals surface area (Å²) in [6.45, 7) is 0. The quantitative estimate of drug-likeness (QED) is 0.372. The zero-order chi connectivity index (χ0) is 18.3. The van der Waals surface area contributed by atoms with Gasteiger partial charge in [-0.2, -0.15) is 0 Å². The molecule has 0 saturated heterocycles. The molecule has 0 fully saturated rings. The molecule has 0 aliphatic carbocycles. The molecule has 4 aromatic carbocycles. The minimum Gasteiger partial charge on any atom is -0.0622 e. The monoisotopic (exact) mass is 366 g/mol. The SMILES string of the molecule is c1ccc(Cc2ccc(CP(c3ccccc3)c3ccccc3)cc2)cc1. The Balaban J connectivity index is 1.55. The smallest absolute Gasteiger partial charge is 0.000743 e. The second-order valence-electron chi connectivity index (χ2n) is 6.74. The molecule has 0 aliphatic heterocycles. The van der Waals surface area contributed by atoms with Crippen LogP contribution in [0.5, 0.6) is 0 Å². The van der Waals surface area contributed by atoms with Gasteiger partial charge in [-0.3, -0.25) is 0 Å². The maximum atomic E-state index is 2.31. The molecule has 0 bridgehead atoms. The Bertz CT molecular complexity index is 906. The highest BCUT2D eigenvalue weighted by Crippen LogP contribution is 2.37. The number of hydrogen-bond donors (Lipinski definition) is 0. The second-order valence-corrected chi connectivity index (χ2v) is 8.94. The second kappa shape index (κ2) is 8.80. The molecule has 0 spiro atoms. The maximum absolute atomic E-state index is 2.31. The number of hydrogen-bond acceptors (Lipinski definition) is 0. The van der Waals surface area contributed by atoms with E-state index in [1.165, 1.54) is 27.3 Å². The largest absolute Gasteiger partial charge is 0.0622 e. The van der Waals surface area contributed by atoms with E-state index >= 15 is 0 Å². The average Bonchev–Trinajstić information content (AvgIpc) is 2.75. The summed E-state index contributed by atoms with van der Waals surface area (Å²) in [6.07, 6.45) is 2.07. The highest BCUT2D eigenvalue weighted by atomic mass is 31.1. The Hall–Kier alpha value is -2.69. The lowest BCUT2D eigenvalue weighted by molar-refractivity contribution is 1.18. The van der Waals surface area contributed by atoms with Crippen LogP contribution in [0.15, 0.2) is 115 Å². The molecule has 0 radical (unpaired) electrons. The van der Waals surface area contributed by atoms with Gasteiger partial charge in [0.1, 0.15) is 0 Å². The summed E-state index contributed by atoms with van der Waals surface area (Å²) in [5.41, 5.74) is 4.14. The van der Waals surface area contributed by atoms with E-state index in [1.54, 1.807) is 0 Å². The average molecular weight is 366 g/mol. The van der Waals surface area contributed by atoms with Gasteiger partial charge >= 0.3 is 0 Å². The van der Waals surface area contributed by atoms with Crippen molar-refractivity contribution in [1.29, 1.82) is 0 Å². The van der Waals surface area contributed by atoms with Crippen molar-refractivity contribution in [2.45, 2.75) is 12.6 Å². The van der Waals surface area contributed by atoms with Crippen molar-refractivity contribution in [3.8, 4) is 0 Å². The van der Waals surface area contributed by atoms with Crippen molar-refractivity contribution in [3.63, 3.8) is 0 Å². The molecular weight excluding hydrogens is 343 g/mol. The van der Waals surface area contributed by atoms with Gasteiger partial charge in [0.25, 0.3) is 0 Å². The van der Waals surface area contributed by atoms with Crippen LogP contribution >= 0.6 is 7.92 Å². The summed E-state index contributed by atoms with van der Waals surface area (Å²) in [5, 5.41) is 2.87. The molecule has 0 heterocycles. The number of rotatable bonds is 6. The highest BCUT2D eigenvalue weighted by Gasteiger charge is 2.14. The Labute approximate surface area is 163 Å². The molecule has 0 N–H and O–H groups in total. The molecule has 0 amide bonds. The summed E-state index contributed by atoms with van der Waals surface area (Å²) < 4.78 is 0. The van der Waals surface area contributed by atoms with Gasteiger partial charge in [-0.25, -0.2) is 0 Å². The van der Waals surface area contributed by atoms with E-state index < -0.39 is 0 Å². The first-order valence-corrected chi connectivity index (χ1v) is 10.9. The molecule has 0 unspecified atom stereocenters. The van der Waals surface area contributed by atoms with E-state index in [2.05, 4.69) is 115 Å². The lowest BCUT2D eigenvalue weighted by Crippen LogP contribution is -2.12. The fourth-order valence-corrected chi connectivity index (χ4v) is 5.63. The van der Waals surface area contributed by atoms with Crippen LogP contribution in [-0.4, -0.2) is 0 Å². The summed E-state index contributed by atoms with van der Waals surface area (Å²) >= 11 is 0. The predicted octanol–water partition coefficient (Wildman–Crippen LogP) is 5.91. The lowest BCUT2D eigenvalue weighted by Gasteiger charge is -2.19. The first-order chi connectivity index (χ1) is 13.4. The van der Waals surface area contributed by atoms with E-state index in [0.717, 1.165) is 12.6 Å². The molecule has 0 atom stereocenters. The molecule has 0 saturated carbocycles. The van der Waals surface area contributed by atoms with Gasteiger partial charge in [0.05, 0.1) is 0 Å². The Morgan fingerprint density at radius 3 is 1.33 bits per heavy atom. The standard InChI is InChI=1S/C26H23P/c1-4-10-22(11-5-1)20-23-16-18-24(19-17-23)21-27(25-12-6-2-7-13-25)26-14-8-3-9-15-26/h1-19H,20-21H2. The number of benzene rings is 4. The van der Waals surface area contributed by atoms with Crippen molar-refractivity contribution < 1.29 is 0 Å². The molecule has 1 heteroatoms. The van der Waals surface area contributed by atoms with Gasteiger partial charge in [-0.1, -0.05) is 115 Å². The minimum atomic E-state index is -0.385. The normalized spacial score (nSPS) is 10.9. The van der Waals surface area contributed by atoms with Gasteiger partial charge in [0, 0.05) is 6.16 Å². The van der Waals surface area contributed by atoms with Gasteiger partial charge in [0.15, 0.2) is 0 Å². The predicted molar refractivity (Wildman–Crippen MR) is 118 cm³/mol. The third-order valence-electron chi connectivity index (χ3n) is 4.75. The third-order valence-corrected chi connectivity index (χ3v) is 7.27. The lowest BCUT2D eigenvalue weighted by atomic mass is 10.0. The fourth-order valence-electron chi connectivity index (χ4n) is 3.32. The minimum absolute atomic E-state index is 0.385. The van der Waals surface area contributed by atoms with Gasteiger partial charge in [-0.15, -0.1) is 0 Å². The maximum Gasteiger partial charge on any atom is 0.000743 e. The van der Waals surface area contributed by atoms with E-state index in [9.17, 15) is 0 Å². The van der Waals surface area contributed by atoms with Crippen LogP contribution in [0.4, 0.5) is 0 Å². The molecular formula is C26H23P. The topological polar surface area (TPSA) is 0 Å². The van der Waals surface area contributed by atoms with E-state index in [1.807, 2.05) is 0 Å². The van der Waals surface area contributed by atoms with E-state index in [0.29, 0.717) is 0 Å². The van der Waals surface area contributed by atoms with Crippen LogP contribution in [0.3, 0.4) is 0 Å². The van der Waals surface area contributed by atoms with Crippen molar-refractivity contribution >= 4 is 18.5 Å². The molecule has 4 rings (SSSR count). The zero-order valence-corrected chi connectivity index (χ0v) is 16.2. The van der Waals surface area contributed by atoms with Crippen LogP contribution in [0.2, 0.25) is 0 Å². The van der Waals surface area contributed by atoms with Gasteiger partial charge in [0.2, 0.25) is 0 Å². The molecule has 0 nitrogen and oxygen atoms in total. The first-order valence-electron chi connectivity index (χ1n) is 9.38. The van der Waals surface area contributed by atoms with Crippen molar-refractivity contribution in [3.05, 3.63) is 132 Å². The summed E-state index contributed by atoms with van der Waals surface area (Å²) in [4.78, 5) is 0. The molecule has 0 aliphatic rings. The van der Waals surface area contributed by atoms with Crippen molar-refractivity contribution in [2.24, 2.45) is 0 Å². The first kappa shape index (κ1) is 17.7. The Morgan fingerprint density at radius 2 is 0.815 bits per heavy atom. The van der Waals surface area contributed by atoms with Crippen LogP contribution in [0.1, 0.15) is 16.7 Å².